The zero-order valence-corrected chi connectivity index (χ0v) is 10.5. The van der Waals surface area contributed by atoms with Gasteiger partial charge in [0.25, 0.3) is 0 Å². The van der Waals surface area contributed by atoms with Crippen LogP contribution in [0.15, 0.2) is 47.8 Å². The van der Waals surface area contributed by atoms with E-state index >= 15 is 0 Å². The van der Waals surface area contributed by atoms with Crippen LogP contribution in [0.4, 0.5) is 4.39 Å². The van der Waals surface area contributed by atoms with Gasteiger partial charge in [0.15, 0.2) is 0 Å². The van der Waals surface area contributed by atoms with Crippen LogP contribution < -0.4 is 0 Å². The molecule has 18 heavy (non-hydrogen) atoms. The highest BCUT2D eigenvalue weighted by atomic mass is 19.1. The van der Waals surface area contributed by atoms with E-state index < -0.39 is 0 Å². The zero-order valence-electron chi connectivity index (χ0n) is 10.5. The molecular weight excluding hydrogens is 225 g/mol. The predicted octanol–water partition coefficient (Wildman–Crippen LogP) is 4.43. The van der Waals surface area contributed by atoms with E-state index in [2.05, 4.69) is 25.1 Å². The van der Waals surface area contributed by atoms with E-state index in [1.54, 1.807) is 6.08 Å². The summed E-state index contributed by atoms with van der Waals surface area (Å²) < 4.78 is 13.0. The molecule has 0 heterocycles. The van der Waals surface area contributed by atoms with Crippen LogP contribution in [-0.2, 0) is 6.42 Å². The van der Waals surface area contributed by atoms with Crippen LogP contribution in [0.1, 0.15) is 36.8 Å². The summed E-state index contributed by atoms with van der Waals surface area (Å²) in [6.45, 7) is 2.11. The second kappa shape index (κ2) is 5.64. The van der Waals surface area contributed by atoms with Crippen molar-refractivity contribution in [3.8, 4) is 6.07 Å². The molecule has 1 nitrogen and oxygen atoms in total. The maximum atomic E-state index is 13.0. The highest BCUT2D eigenvalue weighted by molar-refractivity contribution is 5.39. The van der Waals surface area contributed by atoms with E-state index in [0.29, 0.717) is 12.8 Å². The van der Waals surface area contributed by atoms with Gasteiger partial charge in [-0.05, 0) is 35.6 Å². The fraction of sp³-hybridized carbons (Fsp3) is 0.312. The quantitative estimate of drug-likeness (QED) is 0.768. The van der Waals surface area contributed by atoms with Gasteiger partial charge in [-0.15, -0.1) is 0 Å². The van der Waals surface area contributed by atoms with Crippen molar-refractivity contribution in [1.82, 2.24) is 0 Å². The molecule has 1 aliphatic rings. The summed E-state index contributed by atoms with van der Waals surface area (Å²) in [6.07, 6.45) is 5.27. The lowest BCUT2D eigenvalue weighted by molar-refractivity contribution is 0.577. The first-order chi connectivity index (χ1) is 8.74. The molecule has 0 aliphatic heterocycles. The number of nitrogens with zero attached hydrogens (tertiary/aromatic N) is 1. The number of nitriles is 1. The number of halogens is 1. The molecule has 1 unspecified atom stereocenters. The number of rotatable bonds is 3. The van der Waals surface area contributed by atoms with E-state index in [1.807, 2.05) is 12.1 Å². The molecule has 0 spiro atoms. The molecule has 0 saturated carbocycles. The Morgan fingerprint density at radius 3 is 2.44 bits per heavy atom. The average molecular weight is 241 g/mol. The van der Waals surface area contributed by atoms with Crippen LogP contribution >= 0.6 is 0 Å². The van der Waals surface area contributed by atoms with Crippen molar-refractivity contribution < 1.29 is 4.39 Å². The molecule has 1 atom stereocenters. The van der Waals surface area contributed by atoms with Crippen LogP contribution in [0.3, 0.4) is 0 Å². The molecule has 0 amide bonds. The number of hydrogen-bond acceptors (Lipinski definition) is 1. The van der Waals surface area contributed by atoms with Crippen molar-refractivity contribution in [1.29, 1.82) is 5.26 Å². The molecule has 1 aliphatic carbocycles. The highest BCUT2D eigenvalue weighted by Crippen LogP contribution is 2.31. The fourth-order valence-electron chi connectivity index (χ4n) is 2.19. The van der Waals surface area contributed by atoms with Gasteiger partial charge in [0.1, 0.15) is 5.83 Å². The zero-order chi connectivity index (χ0) is 13.0. The Labute approximate surface area is 107 Å². The van der Waals surface area contributed by atoms with Crippen molar-refractivity contribution in [2.45, 2.75) is 32.1 Å². The Morgan fingerprint density at radius 1 is 1.22 bits per heavy atom. The van der Waals surface area contributed by atoms with Crippen molar-refractivity contribution in [2.75, 3.05) is 0 Å². The first-order valence-electron chi connectivity index (χ1n) is 6.28. The van der Waals surface area contributed by atoms with E-state index in [4.69, 9.17) is 0 Å². The third-order valence-electron chi connectivity index (χ3n) is 3.35. The molecule has 1 aromatic rings. The third kappa shape index (κ3) is 2.68. The summed E-state index contributed by atoms with van der Waals surface area (Å²) in [5.41, 5.74) is 3.26. The van der Waals surface area contributed by atoms with E-state index in [-0.39, 0.29) is 11.7 Å². The molecule has 0 radical (unpaired) electrons. The Balaban J connectivity index is 2.26. The minimum atomic E-state index is -0.250. The van der Waals surface area contributed by atoms with Gasteiger partial charge >= 0.3 is 0 Å². The van der Waals surface area contributed by atoms with E-state index in [9.17, 15) is 9.65 Å². The molecule has 0 N–H and O–H groups in total. The molecule has 92 valence electrons. The van der Waals surface area contributed by atoms with Gasteiger partial charge in [-0.2, -0.15) is 5.26 Å². The highest BCUT2D eigenvalue weighted by Gasteiger charge is 2.18. The topological polar surface area (TPSA) is 23.8 Å². The second-order valence-corrected chi connectivity index (χ2v) is 4.51. The maximum Gasteiger partial charge on any atom is 0.100 e. The summed E-state index contributed by atoms with van der Waals surface area (Å²) in [4.78, 5) is 0. The lowest BCUT2D eigenvalue weighted by Gasteiger charge is -2.16. The minimum Gasteiger partial charge on any atom is -0.212 e. The van der Waals surface area contributed by atoms with Crippen LogP contribution in [-0.4, -0.2) is 0 Å². The number of hydrogen-bond donors (Lipinski definition) is 0. The number of aryl methyl sites for hydroxylation is 1. The van der Waals surface area contributed by atoms with Crippen LogP contribution in [0.5, 0.6) is 0 Å². The lowest BCUT2D eigenvalue weighted by atomic mass is 9.87. The van der Waals surface area contributed by atoms with Gasteiger partial charge in [-0.25, -0.2) is 4.39 Å². The van der Waals surface area contributed by atoms with Gasteiger partial charge < -0.3 is 0 Å². The molecule has 0 saturated heterocycles. The molecule has 2 rings (SSSR count). The smallest absolute Gasteiger partial charge is 0.100 e. The third-order valence-corrected chi connectivity index (χ3v) is 3.35. The Morgan fingerprint density at radius 2 is 1.94 bits per heavy atom. The molecule has 2 heteroatoms. The van der Waals surface area contributed by atoms with Crippen LogP contribution in [0, 0.1) is 11.3 Å². The number of benzene rings is 1. The normalized spacial score (nSPS) is 16.5. The maximum absolute atomic E-state index is 13.0. The van der Waals surface area contributed by atoms with E-state index in [1.165, 1.54) is 11.6 Å². The Bertz CT molecular complexity index is 517. The summed E-state index contributed by atoms with van der Waals surface area (Å²) in [5.74, 6) is -0.350. The monoisotopic (exact) mass is 241 g/mol. The molecule has 0 aromatic heterocycles. The van der Waals surface area contributed by atoms with Gasteiger partial charge in [0.2, 0.25) is 0 Å². The van der Waals surface area contributed by atoms with Crippen molar-refractivity contribution in [3.63, 3.8) is 0 Å². The largest absolute Gasteiger partial charge is 0.212 e. The molecule has 0 bridgehead atoms. The average Bonchev–Trinajstić information content (AvgIpc) is 2.42. The Kier molecular flexibility index (Phi) is 3.94. The van der Waals surface area contributed by atoms with Gasteiger partial charge in [0.05, 0.1) is 12.0 Å². The Hall–Kier alpha value is -1.88. The molecule has 1 aromatic carbocycles. The first kappa shape index (κ1) is 12.6. The minimum absolute atomic E-state index is 0.100. The fourth-order valence-corrected chi connectivity index (χ4v) is 2.19. The van der Waals surface area contributed by atoms with Crippen molar-refractivity contribution in [2.24, 2.45) is 0 Å². The summed E-state index contributed by atoms with van der Waals surface area (Å²) >= 11 is 0. The SMILES string of the molecule is CCc1ccc(C(C#N)C2=CC=C(F)CC2)cc1. The number of allylic oxidation sites excluding steroid dienone is 4. The molecule has 0 fully saturated rings. The first-order valence-corrected chi connectivity index (χ1v) is 6.28. The summed E-state index contributed by atoms with van der Waals surface area (Å²) in [6, 6.07) is 10.4. The molecular formula is C16H16FN. The van der Waals surface area contributed by atoms with Crippen LogP contribution in [0.25, 0.3) is 0 Å². The van der Waals surface area contributed by atoms with E-state index in [0.717, 1.165) is 17.6 Å². The van der Waals surface area contributed by atoms with Gasteiger partial charge in [0, 0.05) is 6.42 Å². The lowest BCUT2D eigenvalue weighted by Crippen LogP contribution is -2.03. The van der Waals surface area contributed by atoms with Crippen molar-refractivity contribution in [3.05, 3.63) is 58.9 Å². The summed E-state index contributed by atoms with van der Waals surface area (Å²) in [5, 5.41) is 9.32. The van der Waals surface area contributed by atoms with Crippen LogP contribution in [0.2, 0.25) is 0 Å². The summed E-state index contributed by atoms with van der Waals surface area (Å²) in [7, 11) is 0. The standard InChI is InChI=1S/C16H16FN/c1-2-12-3-5-13(6-4-12)16(11-18)14-7-9-15(17)10-8-14/h3-7,9,16H,2,8,10H2,1H3. The second-order valence-electron chi connectivity index (χ2n) is 4.51. The van der Waals surface area contributed by atoms with Crippen molar-refractivity contribution >= 4 is 0 Å². The predicted molar refractivity (Wildman–Crippen MR) is 70.7 cm³/mol. The van der Waals surface area contributed by atoms with Gasteiger partial charge in [-0.1, -0.05) is 37.3 Å². The van der Waals surface area contributed by atoms with Gasteiger partial charge in [-0.3, -0.25) is 0 Å².